The lowest BCUT2D eigenvalue weighted by molar-refractivity contribution is 1.60. The maximum absolute atomic E-state index is 2.40. The fraction of sp³-hybridized carbons (Fsp3) is 0.333. The Labute approximate surface area is 148 Å². The van der Waals surface area contributed by atoms with Crippen LogP contribution in [0, 0.1) is 0 Å². The van der Waals surface area contributed by atoms with E-state index in [4.69, 9.17) is 0 Å². The summed E-state index contributed by atoms with van der Waals surface area (Å²) < 4.78 is 0. The molecule has 2 aromatic carbocycles. The number of hydrogen-bond donors (Lipinski definition) is 0. The maximum Gasteiger partial charge on any atom is 0.116 e. The van der Waals surface area contributed by atoms with Crippen LogP contribution in [0.5, 0.6) is 0 Å². The minimum absolute atomic E-state index is 1.31. The predicted octanol–water partition coefficient (Wildman–Crippen LogP) is 4.72. The Kier molecular flexibility index (Phi) is 7.48. The van der Waals surface area contributed by atoms with Crippen molar-refractivity contribution in [1.29, 1.82) is 0 Å². The second-order valence-electron chi connectivity index (χ2n) is 5.52. The van der Waals surface area contributed by atoms with Crippen LogP contribution >= 0.6 is 35.3 Å². The van der Waals surface area contributed by atoms with Crippen LogP contribution < -0.4 is 5.19 Å². The molecule has 0 bridgehead atoms. The van der Waals surface area contributed by atoms with Crippen molar-refractivity contribution in [3.8, 4) is 11.1 Å². The van der Waals surface area contributed by atoms with Crippen molar-refractivity contribution < 1.29 is 0 Å². The first kappa shape index (κ1) is 18.1. The average molecular weight is 365 g/mol. The molecule has 0 N–H and O–H groups in total. The lowest BCUT2D eigenvalue weighted by Gasteiger charge is -2.30. The molecule has 0 nitrogen and oxygen atoms in total. The van der Waals surface area contributed by atoms with Crippen LogP contribution in [0.15, 0.2) is 54.6 Å². The summed E-state index contributed by atoms with van der Waals surface area (Å²) in [5, 5.41) is 5.57. The fourth-order valence-corrected chi connectivity index (χ4v) is 15.6. The summed E-state index contributed by atoms with van der Waals surface area (Å²) in [5.41, 5.74) is 2.63. The van der Waals surface area contributed by atoms with Gasteiger partial charge in [0.2, 0.25) is 0 Å². The molecule has 0 aliphatic heterocycles. The van der Waals surface area contributed by atoms with E-state index >= 15 is 0 Å². The molecule has 118 valence electrons. The standard InChI is InChI=1S/C18H24S3Si/c1-19-13-22(14-20-2,15-21-3)18-11-9-17(10-12-18)16-7-5-4-6-8-16/h4-12H,13-15H2,1-3H3. The molecular formula is C18H24S3Si. The van der Waals surface area contributed by atoms with Gasteiger partial charge < -0.3 is 0 Å². The quantitative estimate of drug-likeness (QED) is 0.622. The Morgan fingerprint density at radius 2 is 1.09 bits per heavy atom. The molecule has 0 aliphatic carbocycles. The van der Waals surface area contributed by atoms with Crippen molar-refractivity contribution in [2.45, 2.75) is 0 Å². The van der Waals surface area contributed by atoms with E-state index in [1.165, 1.54) is 27.3 Å². The van der Waals surface area contributed by atoms with Gasteiger partial charge in [0, 0.05) is 0 Å². The van der Waals surface area contributed by atoms with Crippen LogP contribution in [-0.2, 0) is 0 Å². The third-order valence-electron chi connectivity index (χ3n) is 3.87. The van der Waals surface area contributed by atoms with E-state index in [2.05, 4.69) is 73.4 Å². The van der Waals surface area contributed by atoms with E-state index in [0.29, 0.717) is 0 Å². The second kappa shape index (κ2) is 9.11. The summed E-state index contributed by atoms with van der Waals surface area (Å²) >= 11 is 6.06. The number of thioether (sulfide) groups is 3. The number of hydrogen-bond acceptors (Lipinski definition) is 3. The van der Waals surface area contributed by atoms with Crippen molar-refractivity contribution in [3.05, 3.63) is 54.6 Å². The molecule has 0 atom stereocenters. The Balaban J connectivity index is 2.32. The Morgan fingerprint density at radius 3 is 1.55 bits per heavy atom. The molecule has 4 heteroatoms. The summed E-state index contributed by atoms with van der Waals surface area (Å²) in [4.78, 5) is 0. The van der Waals surface area contributed by atoms with Crippen LogP contribution in [0.2, 0.25) is 0 Å². The topological polar surface area (TPSA) is 0 Å². The van der Waals surface area contributed by atoms with Gasteiger partial charge in [-0.25, -0.2) is 0 Å². The molecule has 0 fully saturated rings. The van der Waals surface area contributed by atoms with E-state index in [1.807, 2.05) is 35.3 Å². The largest absolute Gasteiger partial charge is 0.168 e. The van der Waals surface area contributed by atoms with Gasteiger partial charge in [0.05, 0.1) is 0 Å². The first-order valence-corrected chi connectivity index (χ1v) is 14.2. The minimum Gasteiger partial charge on any atom is -0.168 e. The van der Waals surface area contributed by atoms with Crippen molar-refractivity contribution in [3.63, 3.8) is 0 Å². The van der Waals surface area contributed by atoms with Gasteiger partial charge in [-0.3, -0.25) is 0 Å². The van der Waals surface area contributed by atoms with Crippen molar-refractivity contribution in [2.75, 3.05) is 34.9 Å². The monoisotopic (exact) mass is 364 g/mol. The van der Waals surface area contributed by atoms with Gasteiger partial charge >= 0.3 is 0 Å². The molecule has 0 heterocycles. The highest BCUT2D eigenvalue weighted by Gasteiger charge is 2.33. The Hall–Kier alpha value is -0.293. The molecule has 0 unspecified atom stereocenters. The summed E-state index contributed by atoms with van der Waals surface area (Å²) in [6.45, 7) is 0. The normalized spacial score (nSPS) is 11.6. The van der Waals surface area contributed by atoms with Gasteiger partial charge in [-0.05, 0) is 46.0 Å². The summed E-state index contributed by atoms with van der Waals surface area (Å²) in [7, 11) is -1.41. The first-order chi connectivity index (χ1) is 10.8. The van der Waals surface area contributed by atoms with E-state index in [1.54, 1.807) is 5.19 Å². The number of rotatable bonds is 8. The summed E-state index contributed by atoms with van der Waals surface area (Å²) in [6, 6.07) is 20.1. The smallest absolute Gasteiger partial charge is 0.116 e. The highest BCUT2D eigenvalue weighted by molar-refractivity contribution is 8.05. The second-order valence-corrected chi connectivity index (χ2v) is 13.9. The van der Waals surface area contributed by atoms with Gasteiger partial charge in [0.15, 0.2) is 0 Å². The van der Waals surface area contributed by atoms with E-state index in [9.17, 15) is 0 Å². The minimum atomic E-state index is -1.41. The highest BCUT2D eigenvalue weighted by atomic mass is 32.2. The molecule has 0 aliphatic rings. The predicted molar refractivity (Wildman–Crippen MR) is 112 cm³/mol. The van der Waals surface area contributed by atoms with Crippen LogP contribution in [-0.4, -0.2) is 43.0 Å². The molecule has 0 saturated carbocycles. The SMILES string of the molecule is CSC[Si](CSC)(CSC)c1ccc(-c2ccccc2)cc1. The van der Waals surface area contributed by atoms with Gasteiger partial charge in [0.1, 0.15) is 8.07 Å². The molecule has 2 aromatic rings. The number of benzene rings is 2. The first-order valence-electron chi connectivity index (χ1n) is 7.38. The van der Waals surface area contributed by atoms with E-state index in [-0.39, 0.29) is 0 Å². The van der Waals surface area contributed by atoms with Crippen molar-refractivity contribution in [2.24, 2.45) is 0 Å². The highest BCUT2D eigenvalue weighted by Crippen LogP contribution is 2.22. The zero-order valence-corrected chi connectivity index (χ0v) is 17.0. The molecule has 0 saturated heterocycles. The lowest BCUT2D eigenvalue weighted by atomic mass is 10.1. The van der Waals surface area contributed by atoms with Crippen LogP contribution in [0.4, 0.5) is 0 Å². The third kappa shape index (κ3) is 4.37. The van der Waals surface area contributed by atoms with Gasteiger partial charge in [-0.1, -0.05) is 59.8 Å². The summed E-state index contributed by atoms with van der Waals surface area (Å²) in [6.07, 6.45) is 6.75. The van der Waals surface area contributed by atoms with Crippen LogP contribution in [0.1, 0.15) is 0 Å². The molecule has 0 radical (unpaired) electrons. The van der Waals surface area contributed by atoms with Gasteiger partial charge in [-0.2, -0.15) is 35.3 Å². The lowest BCUT2D eigenvalue weighted by Crippen LogP contribution is -2.56. The average Bonchev–Trinajstić information content (AvgIpc) is 2.56. The fourth-order valence-electron chi connectivity index (χ4n) is 2.85. The van der Waals surface area contributed by atoms with Crippen LogP contribution in [0.25, 0.3) is 11.1 Å². The summed E-state index contributed by atoms with van der Waals surface area (Å²) in [5.74, 6) is 0. The maximum atomic E-state index is 2.40. The van der Waals surface area contributed by atoms with Crippen LogP contribution in [0.3, 0.4) is 0 Å². The molecule has 0 aromatic heterocycles. The zero-order chi connectivity index (χ0) is 15.8. The van der Waals surface area contributed by atoms with E-state index in [0.717, 1.165) is 0 Å². The van der Waals surface area contributed by atoms with E-state index < -0.39 is 8.07 Å². The molecule has 0 amide bonds. The molecule has 2 rings (SSSR count). The van der Waals surface area contributed by atoms with Crippen molar-refractivity contribution in [1.82, 2.24) is 0 Å². The van der Waals surface area contributed by atoms with Gasteiger partial charge in [0.25, 0.3) is 0 Å². The zero-order valence-electron chi connectivity index (χ0n) is 13.5. The molecular weight excluding hydrogens is 340 g/mol. The Morgan fingerprint density at radius 1 is 0.636 bits per heavy atom. The van der Waals surface area contributed by atoms with Crippen molar-refractivity contribution >= 4 is 48.5 Å². The Bertz CT molecular complexity index is 537. The molecule has 22 heavy (non-hydrogen) atoms. The third-order valence-corrected chi connectivity index (χ3v) is 15.5. The van der Waals surface area contributed by atoms with Gasteiger partial charge in [-0.15, -0.1) is 0 Å². The molecule has 0 spiro atoms.